The molecule has 1 aromatic rings. The number of alkyl halides is 3. The molecule has 1 atom stereocenters. The zero-order chi connectivity index (χ0) is 19.2. The molecule has 0 bridgehead atoms. The van der Waals surface area contributed by atoms with Crippen LogP contribution in [0.25, 0.3) is 0 Å². The standard InChI is InChI=1S/C16H22F3N3O3.ClH/c1-10(2)14(20)15(24)21-8-13(23)22(3)9-11-5-4-6-12(7-11)25-16(17,18)19;/h4-7,10,14H,8-9,20H2,1-3H3,(H,21,24);1H/t14-;/m0./s1. The van der Waals surface area contributed by atoms with Gasteiger partial charge in [-0.3, -0.25) is 9.59 Å². The molecule has 1 aromatic carbocycles. The van der Waals surface area contributed by atoms with Crippen LogP contribution in [-0.2, 0) is 16.1 Å². The van der Waals surface area contributed by atoms with Crippen molar-refractivity contribution in [2.45, 2.75) is 32.8 Å². The first-order valence-electron chi connectivity index (χ1n) is 7.61. The summed E-state index contributed by atoms with van der Waals surface area (Å²) in [6.45, 7) is 3.40. The van der Waals surface area contributed by atoms with Gasteiger partial charge in [-0.2, -0.15) is 0 Å². The van der Waals surface area contributed by atoms with Crippen molar-refractivity contribution in [3.63, 3.8) is 0 Å². The summed E-state index contributed by atoms with van der Waals surface area (Å²) >= 11 is 0. The summed E-state index contributed by atoms with van der Waals surface area (Å²) in [5, 5.41) is 2.44. The molecule has 148 valence electrons. The number of rotatable bonds is 7. The van der Waals surface area contributed by atoms with E-state index in [1.807, 2.05) is 0 Å². The monoisotopic (exact) mass is 397 g/mol. The maximum atomic E-state index is 12.2. The van der Waals surface area contributed by atoms with Gasteiger partial charge in [-0.05, 0) is 23.6 Å². The fourth-order valence-electron chi connectivity index (χ4n) is 1.92. The Bertz CT molecular complexity index is 612. The molecule has 3 N–H and O–H groups in total. The van der Waals surface area contributed by atoms with E-state index in [-0.39, 0.29) is 37.2 Å². The van der Waals surface area contributed by atoms with Gasteiger partial charge < -0.3 is 20.7 Å². The van der Waals surface area contributed by atoms with E-state index < -0.39 is 24.2 Å². The molecule has 0 aliphatic heterocycles. The second-order valence-corrected chi connectivity index (χ2v) is 5.93. The van der Waals surface area contributed by atoms with Gasteiger partial charge in [0.05, 0.1) is 12.6 Å². The SMILES string of the molecule is CC(C)[C@H](N)C(=O)NCC(=O)N(C)Cc1cccc(OC(F)(F)F)c1.Cl. The molecule has 1 rings (SSSR count). The van der Waals surface area contributed by atoms with Crippen molar-refractivity contribution in [3.8, 4) is 5.75 Å². The maximum Gasteiger partial charge on any atom is 0.573 e. The quantitative estimate of drug-likeness (QED) is 0.737. The lowest BCUT2D eigenvalue weighted by Crippen LogP contribution is -2.47. The summed E-state index contributed by atoms with van der Waals surface area (Å²) in [5.74, 6) is -1.25. The number of nitrogens with two attached hydrogens (primary N) is 1. The van der Waals surface area contributed by atoms with Crippen LogP contribution in [0, 0.1) is 5.92 Å². The molecule has 26 heavy (non-hydrogen) atoms. The third-order valence-corrected chi connectivity index (χ3v) is 3.41. The predicted octanol–water partition coefficient (Wildman–Crippen LogP) is 2.06. The fraction of sp³-hybridized carbons (Fsp3) is 0.500. The molecule has 6 nitrogen and oxygen atoms in total. The van der Waals surface area contributed by atoms with Crippen molar-refractivity contribution in [2.75, 3.05) is 13.6 Å². The fourth-order valence-corrected chi connectivity index (χ4v) is 1.92. The minimum absolute atomic E-state index is 0. The van der Waals surface area contributed by atoms with Gasteiger partial charge in [-0.15, -0.1) is 25.6 Å². The van der Waals surface area contributed by atoms with Gasteiger partial charge in [0.2, 0.25) is 11.8 Å². The zero-order valence-electron chi connectivity index (χ0n) is 14.7. The number of likely N-dealkylation sites (N-methyl/N-ethyl adjacent to an activating group) is 1. The highest BCUT2D eigenvalue weighted by Gasteiger charge is 2.31. The lowest BCUT2D eigenvalue weighted by molar-refractivity contribution is -0.274. The van der Waals surface area contributed by atoms with E-state index in [0.717, 1.165) is 0 Å². The van der Waals surface area contributed by atoms with Crippen molar-refractivity contribution >= 4 is 24.2 Å². The number of halogens is 4. The van der Waals surface area contributed by atoms with E-state index in [1.165, 1.54) is 30.1 Å². The number of benzene rings is 1. The average molecular weight is 398 g/mol. The molecular formula is C16H23ClF3N3O3. The molecule has 0 saturated carbocycles. The summed E-state index contributed by atoms with van der Waals surface area (Å²) in [5.41, 5.74) is 6.13. The number of nitrogens with zero attached hydrogens (tertiary/aromatic N) is 1. The highest BCUT2D eigenvalue weighted by atomic mass is 35.5. The van der Waals surface area contributed by atoms with Crippen molar-refractivity contribution < 1.29 is 27.5 Å². The number of ether oxygens (including phenoxy) is 1. The first-order valence-corrected chi connectivity index (χ1v) is 7.61. The normalized spacial score (nSPS) is 12.2. The molecule has 0 aromatic heterocycles. The van der Waals surface area contributed by atoms with E-state index in [2.05, 4.69) is 10.1 Å². The Labute approximate surface area is 156 Å². The van der Waals surface area contributed by atoms with Crippen LogP contribution in [0.1, 0.15) is 19.4 Å². The van der Waals surface area contributed by atoms with E-state index in [1.54, 1.807) is 19.9 Å². The Hall–Kier alpha value is -2.00. The number of hydrogen-bond acceptors (Lipinski definition) is 4. The Kier molecular flexibility index (Phi) is 9.44. The van der Waals surface area contributed by atoms with Crippen molar-refractivity contribution in [2.24, 2.45) is 11.7 Å². The second-order valence-electron chi connectivity index (χ2n) is 5.93. The molecule has 0 aliphatic carbocycles. The van der Waals surface area contributed by atoms with E-state index >= 15 is 0 Å². The van der Waals surface area contributed by atoms with Gasteiger partial charge in [0.15, 0.2) is 0 Å². The van der Waals surface area contributed by atoms with Crippen LogP contribution in [-0.4, -0.2) is 42.7 Å². The Morgan fingerprint density at radius 2 is 1.92 bits per heavy atom. The van der Waals surface area contributed by atoms with Gasteiger partial charge in [-0.25, -0.2) is 0 Å². The smallest absolute Gasteiger partial charge is 0.406 e. The number of nitrogens with one attached hydrogen (secondary N) is 1. The van der Waals surface area contributed by atoms with E-state index in [4.69, 9.17) is 5.73 Å². The zero-order valence-corrected chi connectivity index (χ0v) is 15.5. The molecule has 10 heteroatoms. The molecule has 0 heterocycles. The first-order chi connectivity index (χ1) is 11.5. The molecule has 0 spiro atoms. The third-order valence-electron chi connectivity index (χ3n) is 3.41. The minimum Gasteiger partial charge on any atom is -0.406 e. The van der Waals surface area contributed by atoms with Crippen LogP contribution in [0.5, 0.6) is 5.75 Å². The first kappa shape index (κ1) is 24.0. The van der Waals surface area contributed by atoms with E-state index in [0.29, 0.717) is 5.56 Å². The molecule has 0 unspecified atom stereocenters. The number of amides is 2. The van der Waals surface area contributed by atoms with E-state index in [9.17, 15) is 22.8 Å². The summed E-state index contributed by atoms with van der Waals surface area (Å²) < 4.78 is 40.5. The third kappa shape index (κ3) is 8.39. The van der Waals surface area contributed by atoms with Crippen LogP contribution < -0.4 is 15.8 Å². The van der Waals surface area contributed by atoms with Crippen LogP contribution in [0.3, 0.4) is 0 Å². The number of hydrogen-bond donors (Lipinski definition) is 2. The highest BCUT2D eigenvalue weighted by Crippen LogP contribution is 2.23. The van der Waals surface area contributed by atoms with Gasteiger partial charge in [0, 0.05) is 13.6 Å². The number of carbonyl (C=O) groups excluding carboxylic acids is 2. The Balaban J connectivity index is 0.00000625. The minimum atomic E-state index is -4.78. The molecule has 0 saturated heterocycles. The summed E-state index contributed by atoms with van der Waals surface area (Å²) in [6, 6.07) is 4.63. The second kappa shape index (κ2) is 10.2. The van der Waals surface area contributed by atoms with Crippen molar-refractivity contribution in [1.29, 1.82) is 0 Å². The molecule has 0 aliphatic rings. The summed E-state index contributed by atoms with van der Waals surface area (Å²) in [4.78, 5) is 25.0. The van der Waals surface area contributed by atoms with Crippen molar-refractivity contribution in [3.05, 3.63) is 29.8 Å². The Morgan fingerprint density at radius 3 is 2.46 bits per heavy atom. The average Bonchev–Trinajstić information content (AvgIpc) is 2.49. The van der Waals surface area contributed by atoms with Crippen LogP contribution in [0.2, 0.25) is 0 Å². The van der Waals surface area contributed by atoms with Gasteiger partial charge in [0.25, 0.3) is 0 Å². The Morgan fingerprint density at radius 1 is 1.31 bits per heavy atom. The van der Waals surface area contributed by atoms with Gasteiger partial charge >= 0.3 is 6.36 Å². The van der Waals surface area contributed by atoms with Crippen LogP contribution in [0.4, 0.5) is 13.2 Å². The predicted molar refractivity (Wildman–Crippen MR) is 92.7 cm³/mol. The number of carbonyl (C=O) groups is 2. The lowest BCUT2D eigenvalue weighted by atomic mass is 10.1. The topological polar surface area (TPSA) is 84.7 Å². The summed E-state index contributed by atoms with van der Waals surface area (Å²) in [7, 11) is 1.48. The molecule has 2 amide bonds. The molecular weight excluding hydrogens is 375 g/mol. The summed E-state index contributed by atoms with van der Waals surface area (Å²) in [6.07, 6.45) is -4.78. The maximum absolute atomic E-state index is 12.2. The van der Waals surface area contributed by atoms with Crippen LogP contribution >= 0.6 is 12.4 Å². The molecule has 0 fully saturated rings. The van der Waals surface area contributed by atoms with Crippen molar-refractivity contribution in [1.82, 2.24) is 10.2 Å². The highest BCUT2D eigenvalue weighted by molar-refractivity contribution is 5.87. The van der Waals surface area contributed by atoms with Crippen LogP contribution in [0.15, 0.2) is 24.3 Å². The largest absolute Gasteiger partial charge is 0.573 e. The molecule has 0 radical (unpaired) electrons. The van der Waals surface area contributed by atoms with Gasteiger partial charge in [-0.1, -0.05) is 26.0 Å². The lowest BCUT2D eigenvalue weighted by Gasteiger charge is -2.20. The van der Waals surface area contributed by atoms with Gasteiger partial charge in [0.1, 0.15) is 5.75 Å².